The molecule has 110 valence electrons. The Labute approximate surface area is 117 Å². The van der Waals surface area contributed by atoms with Crippen LogP contribution in [0.25, 0.3) is 5.69 Å². The first-order valence-electron chi connectivity index (χ1n) is 5.70. The zero-order valence-electron chi connectivity index (χ0n) is 10.6. The van der Waals surface area contributed by atoms with E-state index in [4.69, 9.17) is 11.5 Å². The molecule has 21 heavy (non-hydrogen) atoms. The molecule has 0 aliphatic heterocycles. The zero-order chi connectivity index (χ0) is 15.5. The van der Waals surface area contributed by atoms with Crippen molar-refractivity contribution in [1.82, 2.24) is 9.78 Å². The summed E-state index contributed by atoms with van der Waals surface area (Å²) < 4.78 is 38.6. The van der Waals surface area contributed by atoms with Crippen LogP contribution in [0.2, 0.25) is 0 Å². The minimum absolute atomic E-state index is 0.168. The van der Waals surface area contributed by atoms with E-state index in [1.54, 1.807) is 24.3 Å². The van der Waals surface area contributed by atoms with Crippen LogP contribution in [0.1, 0.15) is 11.1 Å². The second-order valence-electron chi connectivity index (χ2n) is 4.03. The fourth-order valence-corrected chi connectivity index (χ4v) is 1.49. The predicted octanol–water partition coefficient (Wildman–Crippen LogP) is 1.50. The molecule has 9 heteroatoms. The monoisotopic (exact) mass is 296 g/mol. The highest BCUT2D eigenvalue weighted by atomic mass is 19.4. The number of halogens is 3. The third-order valence-electron chi connectivity index (χ3n) is 2.45. The topological polar surface area (TPSA) is 94.6 Å². The number of hydrogen-bond donors (Lipinski definition) is 2. The van der Waals surface area contributed by atoms with Gasteiger partial charge in [-0.15, -0.1) is 5.10 Å². The average Bonchev–Trinajstić information content (AvgIpc) is 2.88. The molecule has 1 heterocycles. The van der Waals surface area contributed by atoms with Gasteiger partial charge in [-0.05, 0) is 17.7 Å². The van der Waals surface area contributed by atoms with Gasteiger partial charge >= 0.3 is 6.18 Å². The van der Waals surface area contributed by atoms with Crippen molar-refractivity contribution in [2.45, 2.75) is 6.18 Å². The maximum absolute atomic E-state index is 12.5. The number of alkyl halides is 3. The van der Waals surface area contributed by atoms with Crippen LogP contribution < -0.4 is 11.5 Å². The van der Waals surface area contributed by atoms with Gasteiger partial charge in [0.25, 0.3) is 0 Å². The van der Waals surface area contributed by atoms with Gasteiger partial charge in [0.2, 0.25) is 5.96 Å². The van der Waals surface area contributed by atoms with E-state index in [0.717, 1.165) is 17.1 Å². The number of guanidine groups is 1. The van der Waals surface area contributed by atoms with Crippen molar-refractivity contribution in [3.63, 3.8) is 0 Å². The molecule has 2 rings (SSSR count). The molecular weight excluding hydrogens is 285 g/mol. The van der Waals surface area contributed by atoms with Crippen molar-refractivity contribution in [1.29, 1.82) is 0 Å². The Morgan fingerprint density at radius 2 is 1.86 bits per heavy atom. The average molecular weight is 296 g/mol. The molecule has 0 aliphatic rings. The maximum atomic E-state index is 12.5. The second kappa shape index (κ2) is 5.65. The molecule has 0 radical (unpaired) electrons. The standard InChI is InChI=1S/C12H11F3N6/c13-12(14,15)9-6-19-21(7-9)10-3-1-8(2-4-10)5-18-20-11(16)17/h1-7H,(H4,16,17,20). The van der Waals surface area contributed by atoms with Crippen LogP contribution in [-0.2, 0) is 6.18 Å². The Balaban J connectivity index is 2.17. The first kappa shape index (κ1) is 14.6. The summed E-state index contributed by atoms with van der Waals surface area (Å²) in [6, 6.07) is 6.50. The van der Waals surface area contributed by atoms with Crippen molar-refractivity contribution < 1.29 is 13.2 Å². The van der Waals surface area contributed by atoms with E-state index >= 15 is 0 Å². The van der Waals surface area contributed by atoms with Gasteiger partial charge in [-0.1, -0.05) is 12.1 Å². The number of nitrogens with two attached hydrogens (primary N) is 2. The minimum Gasteiger partial charge on any atom is -0.369 e. The van der Waals surface area contributed by atoms with Gasteiger partial charge in [0, 0.05) is 6.20 Å². The van der Waals surface area contributed by atoms with Crippen molar-refractivity contribution in [3.05, 3.63) is 47.8 Å². The lowest BCUT2D eigenvalue weighted by atomic mass is 10.2. The van der Waals surface area contributed by atoms with Crippen LogP contribution in [0.4, 0.5) is 13.2 Å². The van der Waals surface area contributed by atoms with Crippen molar-refractivity contribution in [3.8, 4) is 5.69 Å². The number of nitrogens with zero attached hydrogens (tertiary/aromatic N) is 4. The molecule has 4 N–H and O–H groups in total. The highest BCUT2D eigenvalue weighted by Crippen LogP contribution is 2.29. The third kappa shape index (κ3) is 3.81. The first-order valence-corrected chi connectivity index (χ1v) is 5.70. The molecule has 6 nitrogen and oxygen atoms in total. The van der Waals surface area contributed by atoms with Gasteiger partial charge in [0.1, 0.15) is 0 Å². The van der Waals surface area contributed by atoms with Gasteiger partial charge in [0.05, 0.1) is 23.7 Å². The Morgan fingerprint density at radius 1 is 1.19 bits per heavy atom. The van der Waals surface area contributed by atoms with Crippen molar-refractivity contribution >= 4 is 12.2 Å². The van der Waals surface area contributed by atoms with E-state index in [1.807, 2.05) is 0 Å². The van der Waals surface area contributed by atoms with Crippen LogP contribution in [0, 0.1) is 0 Å². The molecule has 0 bridgehead atoms. The molecule has 1 aromatic carbocycles. The van der Waals surface area contributed by atoms with Crippen LogP contribution in [-0.4, -0.2) is 22.0 Å². The van der Waals surface area contributed by atoms with E-state index < -0.39 is 11.7 Å². The molecule has 0 saturated heterocycles. The predicted molar refractivity (Wildman–Crippen MR) is 72.0 cm³/mol. The maximum Gasteiger partial charge on any atom is 0.419 e. The summed E-state index contributed by atoms with van der Waals surface area (Å²) in [5, 5.41) is 10.7. The highest BCUT2D eigenvalue weighted by Gasteiger charge is 2.32. The molecule has 0 aliphatic carbocycles. The van der Waals surface area contributed by atoms with E-state index in [1.165, 1.54) is 6.21 Å². The summed E-state index contributed by atoms with van der Waals surface area (Å²) >= 11 is 0. The molecule has 1 aromatic heterocycles. The van der Waals surface area contributed by atoms with E-state index in [2.05, 4.69) is 15.3 Å². The molecule has 0 spiro atoms. The molecule has 0 amide bonds. The van der Waals surface area contributed by atoms with Crippen LogP contribution >= 0.6 is 0 Å². The van der Waals surface area contributed by atoms with E-state index in [0.29, 0.717) is 11.3 Å². The normalized spacial score (nSPS) is 11.8. The van der Waals surface area contributed by atoms with Gasteiger partial charge in [-0.3, -0.25) is 0 Å². The molecular formula is C12H11F3N6. The van der Waals surface area contributed by atoms with Crippen LogP contribution in [0.15, 0.2) is 46.9 Å². The number of rotatable bonds is 3. The molecule has 0 saturated carbocycles. The van der Waals surface area contributed by atoms with Gasteiger partial charge < -0.3 is 11.5 Å². The fraction of sp³-hybridized carbons (Fsp3) is 0.0833. The summed E-state index contributed by atoms with van der Waals surface area (Å²) in [5.74, 6) is -0.168. The lowest BCUT2D eigenvalue weighted by Crippen LogP contribution is -2.21. The van der Waals surface area contributed by atoms with Crippen LogP contribution in [0.5, 0.6) is 0 Å². The minimum atomic E-state index is -4.41. The Kier molecular flexibility index (Phi) is 3.92. The number of aromatic nitrogens is 2. The van der Waals surface area contributed by atoms with Crippen LogP contribution in [0.3, 0.4) is 0 Å². The quantitative estimate of drug-likeness (QED) is 0.510. The summed E-state index contributed by atoms with van der Waals surface area (Å²) in [4.78, 5) is 0. The molecule has 0 fully saturated rings. The second-order valence-corrected chi connectivity index (χ2v) is 4.03. The van der Waals surface area contributed by atoms with Gasteiger partial charge in [0.15, 0.2) is 0 Å². The summed E-state index contributed by atoms with van der Waals surface area (Å²) in [5.41, 5.74) is 10.6. The summed E-state index contributed by atoms with van der Waals surface area (Å²) in [7, 11) is 0. The van der Waals surface area contributed by atoms with Gasteiger partial charge in [-0.2, -0.15) is 23.4 Å². The summed E-state index contributed by atoms with van der Waals surface area (Å²) in [6.07, 6.45) is -1.31. The fourth-order valence-electron chi connectivity index (χ4n) is 1.49. The smallest absolute Gasteiger partial charge is 0.369 e. The summed E-state index contributed by atoms with van der Waals surface area (Å²) in [6.45, 7) is 0. The van der Waals surface area contributed by atoms with Crippen molar-refractivity contribution in [2.24, 2.45) is 21.7 Å². The Morgan fingerprint density at radius 3 is 2.38 bits per heavy atom. The number of hydrogen-bond acceptors (Lipinski definition) is 3. The largest absolute Gasteiger partial charge is 0.419 e. The Bertz CT molecular complexity index is 665. The lowest BCUT2D eigenvalue weighted by Gasteiger charge is -2.02. The zero-order valence-corrected chi connectivity index (χ0v) is 10.6. The molecule has 0 unspecified atom stereocenters. The lowest BCUT2D eigenvalue weighted by molar-refractivity contribution is -0.137. The SMILES string of the molecule is NC(N)=NN=Cc1ccc(-n2cc(C(F)(F)F)cn2)cc1. The third-order valence-corrected chi connectivity index (χ3v) is 2.45. The van der Waals surface area contributed by atoms with Gasteiger partial charge in [-0.25, -0.2) is 4.68 Å². The highest BCUT2D eigenvalue weighted by molar-refractivity contribution is 5.81. The molecule has 2 aromatic rings. The van der Waals surface area contributed by atoms with E-state index in [-0.39, 0.29) is 5.96 Å². The van der Waals surface area contributed by atoms with E-state index in [9.17, 15) is 13.2 Å². The number of benzene rings is 1. The first-order chi connectivity index (χ1) is 9.86. The Hall–Kier alpha value is -2.84. The van der Waals surface area contributed by atoms with Crippen molar-refractivity contribution in [2.75, 3.05) is 0 Å². The molecule has 0 atom stereocenters.